The van der Waals surface area contributed by atoms with E-state index in [-0.39, 0.29) is 11.6 Å². The average Bonchev–Trinajstić information content (AvgIpc) is 2.35. The fraction of sp³-hybridized carbons (Fsp3) is 0.385. The molecule has 0 aliphatic rings. The zero-order valence-electron chi connectivity index (χ0n) is 9.87. The molecule has 1 rings (SSSR count). The Morgan fingerprint density at radius 3 is 2.47 bits per heavy atom. The van der Waals surface area contributed by atoms with Crippen molar-refractivity contribution in [1.82, 2.24) is 0 Å². The van der Waals surface area contributed by atoms with Crippen molar-refractivity contribution in [3.63, 3.8) is 0 Å². The molecular weight excluding hydrogens is 218 g/mol. The van der Waals surface area contributed by atoms with Gasteiger partial charge in [-0.2, -0.15) is 0 Å². The fourth-order valence-electron chi connectivity index (χ4n) is 1.78. The van der Waals surface area contributed by atoms with Crippen LogP contribution in [0.4, 0.5) is 5.69 Å². The van der Waals surface area contributed by atoms with Gasteiger partial charge in [-0.1, -0.05) is 19.4 Å². The van der Waals surface area contributed by atoms with Crippen LogP contribution in [0.5, 0.6) is 0 Å². The van der Waals surface area contributed by atoms with E-state index in [1.807, 2.05) is 6.92 Å². The van der Waals surface area contributed by atoms with Crippen LogP contribution in [0.15, 0.2) is 36.9 Å². The number of hydrogen-bond donors (Lipinski definition) is 1. The molecule has 0 unspecified atom stereocenters. The molecule has 92 valence electrons. The molecule has 4 heteroatoms. The smallest absolute Gasteiger partial charge is 0.269 e. The molecule has 1 aromatic rings. The molecule has 0 saturated carbocycles. The molecule has 0 amide bonds. The van der Waals surface area contributed by atoms with Crippen LogP contribution in [-0.4, -0.2) is 10.0 Å². The summed E-state index contributed by atoms with van der Waals surface area (Å²) in [5.41, 5.74) is 0.723. The second-order valence-corrected chi connectivity index (χ2v) is 3.98. The van der Waals surface area contributed by atoms with Crippen molar-refractivity contribution in [2.24, 2.45) is 5.92 Å². The summed E-state index contributed by atoms with van der Waals surface area (Å²) in [4.78, 5) is 10.1. The van der Waals surface area contributed by atoms with Crippen molar-refractivity contribution in [3.05, 3.63) is 52.6 Å². The number of rotatable bonds is 6. The summed E-state index contributed by atoms with van der Waals surface area (Å²) in [6, 6.07) is 6.00. The van der Waals surface area contributed by atoms with Crippen LogP contribution in [0.1, 0.15) is 31.4 Å². The quantitative estimate of drug-likeness (QED) is 0.467. The minimum atomic E-state index is -0.645. The fourth-order valence-corrected chi connectivity index (χ4v) is 1.78. The third-order valence-electron chi connectivity index (χ3n) is 2.78. The van der Waals surface area contributed by atoms with E-state index in [0.29, 0.717) is 5.56 Å². The standard InChI is InChI=1S/C13H17NO3/c1-3-5-10(4-2)13(15)11-6-8-12(9-7-11)14(16)17/h4,6-10,13,15H,2-3,5H2,1H3/t10-,13-/m0/s1. The van der Waals surface area contributed by atoms with Gasteiger partial charge >= 0.3 is 0 Å². The Balaban J connectivity index is 2.84. The summed E-state index contributed by atoms with van der Waals surface area (Å²) in [7, 11) is 0. The summed E-state index contributed by atoms with van der Waals surface area (Å²) < 4.78 is 0. The predicted octanol–water partition coefficient (Wildman–Crippen LogP) is 3.23. The maximum Gasteiger partial charge on any atom is 0.269 e. The van der Waals surface area contributed by atoms with Crippen molar-refractivity contribution in [1.29, 1.82) is 0 Å². The summed E-state index contributed by atoms with van der Waals surface area (Å²) in [5, 5.41) is 20.6. The first-order chi connectivity index (χ1) is 8.10. The molecule has 0 aliphatic carbocycles. The molecular formula is C13H17NO3. The third-order valence-corrected chi connectivity index (χ3v) is 2.78. The molecule has 17 heavy (non-hydrogen) atoms. The number of nitrogens with zero attached hydrogens (tertiary/aromatic N) is 1. The number of hydrogen-bond acceptors (Lipinski definition) is 3. The highest BCUT2D eigenvalue weighted by Crippen LogP contribution is 2.27. The van der Waals surface area contributed by atoms with Gasteiger partial charge in [-0.25, -0.2) is 0 Å². The molecule has 4 nitrogen and oxygen atoms in total. The van der Waals surface area contributed by atoms with Crippen LogP contribution >= 0.6 is 0 Å². The molecule has 1 N–H and O–H groups in total. The first-order valence-electron chi connectivity index (χ1n) is 5.65. The molecule has 0 radical (unpaired) electrons. The largest absolute Gasteiger partial charge is 0.388 e. The minimum Gasteiger partial charge on any atom is -0.388 e. The van der Waals surface area contributed by atoms with Gasteiger partial charge in [0.1, 0.15) is 0 Å². The van der Waals surface area contributed by atoms with Gasteiger partial charge in [0.05, 0.1) is 11.0 Å². The number of aliphatic hydroxyl groups excluding tert-OH is 1. The van der Waals surface area contributed by atoms with Gasteiger partial charge in [0, 0.05) is 18.1 Å². The van der Waals surface area contributed by atoms with Gasteiger partial charge in [0.15, 0.2) is 0 Å². The zero-order valence-corrected chi connectivity index (χ0v) is 9.87. The Hall–Kier alpha value is -1.68. The molecule has 0 aliphatic heterocycles. The van der Waals surface area contributed by atoms with E-state index in [1.54, 1.807) is 18.2 Å². The van der Waals surface area contributed by atoms with Gasteiger partial charge < -0.3 is 5.11 Å². The maximum atomic E-state index is 10.5. The lowest BCUT2D eigenvalue weighted by Gasteiger charge is -2.19. The Labute approximate surface area is 101 Å². The molecule has 0 heterocycles. The van der Waals surface area contributed by atoms with Gasteiger partial charge in [-0.05, 0) is 24.1 Å². The first kappa shape index (κ1) is 13.4. The van der Waals surface area contributed by atoms with E-state index in [9.17, 15) is 15.2 Å². The van der Waals surface area contributed by atoms with E-state index >= 15 is 0 Å². The van der Waals surface area contributed by atoms with Crippen LogP contribution in [0.25, 0.3) is 0 Å². The Kier molecular flexibility index (Phi) is 4.84. The zero-order chi connectivity index (χ0) is 12.8. The Bertz CT molecular complexity index is 386. The number of benzene rings is 1. The molecule has 1 aromatic carbocycles. The topological polar surface area (TPSA) is 63.4 Å². The molecule has 0 fully saturated rings. The lowest BCUT2D eigenvalue weighted by Crippen LogP contribution is -2.10. The predicted molar refractivity (Wildman–Crippen MR) is 66.7 cm³/mol. The van der Waals surface area contributed by atoms with Crippen molar-refractivity contribution in [2.75, 3.05) is 0 Å². The van der Waals surface area contributed by atoms with Crippen molar-refractivity contribution in [2.45, 2.75) is 25.9 Å². The van der Waals surface area contributed by atoms with Gasteiger partial charge in [-0.3, -0.25) is 10.1 Å². The molecule has 0 aromatic heterocycles. The van der Waals surface area contributed by atoms with Gasteiger partial charge in [-0.15, -0.1) is 6.58 Å². The van der Waals surface area contributed by atoms with Gasteiger partial charge in [0.2, 0.25) is 0 Å². The second-order valence-electron chi connectivity index (χ2n) is 3.98. The Morgan fingerprint density at radius 2 is 2.06 bits per heavy atom. The minimum absolute atomic E-state index is 0.0125. The summed E-state index contributed by atoms with van der Waals surface area (Å²) in [5.74, 6) is -0.0125. The third kappa shape index (κ3) is 3.39. The first-order valence-corrected chi connectivity index (χ1v) is 5.65. The van der Waals surface area contributed by atoms with Crippen LogP contribution in [-0.2, 0) is 0 Å². The highest BCUT2D eigenvalue weighted by Gasteiger charge is 2.17. The molecule has 0 spiro atoms. The molecule has 0 saturated heterocycles. The number of aliphatic hydroxyl groups is 1. The monoisotopic (exact) mass is 235 g/mol. The van der Waals surface area contributed by atoms with E-state index in [2.05, 4.69) is 6.58 Å². The van der Waals surface area contributed by atoms with E-state index in [1.165, 1.54) is 12.1 Å². The highest BCUT2D eigenvalue weighted by molar-refractivity contribution is 5.34. The average molecular weight is 235 g/mol. The van der Waals surface area contributed by atoms with Crippen molar-refractivity contribution >= 4 is 5.69 Å². The Morgan fingerprint density at radius 1 is 1.47 bits per heavy atom. The second kappa shape index (κ2) is 6.15. The van der Waals surface area contributed by atoms with E-state index in [0.717, 1.165) is 12.8 Å². The highest BCUT2D eigenvalue weighted by atomic mass is 16.6. The summed E-state index contributed by atoms with van der Waals surface area (Å²) >= 11 is 0. The number of non-ortho nitro benzene ring substituents is 1. The van der Waals surface area contributed by atoms with Crippen LogP contribution in [0, 0.1) is 16.0 Å². The normalized spacial score (nSPS) is 14.0. The van der Waals surface area contributed by atoms with Crippen LogP contribution in [0.2, 0.25) is 0 Å². The van der Waals surface area contributed by atoms with E-state index < -0.39 is 11.0 Å². The SMILES string of the molecule is C=C[C@@H](CCC)[C@H](O)c1ccc([N+](=O)[O-])cc1. The van der Waals surface area contributed by atoms with Crippen LogP contribution in [0.3, 0.4) is 0 Å². The molecule has 0 bridgehead atoms. The lowest BCUT2D eigenvalue weighted by molar-refractivity contribution is -0.384. The number of nitro benzene ring substituents is 1. The summed E-state index contributed by atoms with van der Waals surface area (Å²) in [6.45, 7) is 5.74. The summed E-state index contributed by atoms with van der Waals surface area (Å²) in [6.07, 6.45) is 2.89. The lowest BCUT2D eigenvalue weighted by atomic mass is 9.92. The number of nitro groups is 1. The maximum absolute atomic E-state index is 10.5. The van der Waals surface area contributed by atoms with E-state index in [4.69, 9.17) is 0 Å². The van der Waals surface area contributed by atoms with Crippen molar-refractivity contribution in [3.8, 4) is 0 Å². The molecule has 2 atom stereocenters. The van der Waals surface area contributed by atoms with Crippen molar-refractivity contribution < 1.29 is 10.0 Å². The van der Waals surface area contributed by atoms with Gasteiger partial charge in [0.25, 0.3) is 5.69 Å². The van der Waals surface area contributed by atoms with Crippen LogP contribution < -0.4 is 0 Å².